The van der Waals surface area contributed by atoms with Gasteiger partial charge in [-0.1, -0.05) is 6.92 Å². The molecule has 7 N–H and O–H groups in total. The number of carboxylic acid groups (broad SMARTS) is 2. The van der Waals surface area contributed by atoms with Gasteiger partial charge in [-0.3, -0.25) is 38.9 Å². The number of ether oxygens (including phenoxy) is 4. The van der Waals surface area contributed by atoms with Gasteiger partial charge in [0.2, 0.25) is 11.8 Å². The summed E-state index contributed by atoms with van der Waals surface area (Å²) in [6.45, 7) is 3.63. The fourth-order valence-corrected chi connectivity index (χ4v) is 4.17. The molecule has 0 radical (unpaired) electrons. The molecule has 0 fully saturated rings. The zero-order chi connectivity index (χ0) is 36.0. The van der Waals surface area contributed by atoms with Gasteiger partial charge in [0.25, 0.3) is 0 Å². The fourth-order valence-electron chi connectivity index (χ4n) is 4.17. The van der Waals surface area contributed by atoms with Crippen LogP contribution in [0.2, 0.25) is 0 Å². The predicted molar refractivity (Wildman–Crippen MR) is 171 cm³/mol. The van der Waals surface area contributed by atoms with Crippen LogP contribution in [0, 0.1) is 5.92 Å². The number of hydrogen-bond acceptors (Lipinski definition) is 13. The minimum absolute atomic E-state index is 0.00188. The number of carboxylic acids is 2. The van der Waals surface area contributed by atoms with E-state index in [9.17, 15) is 38.7 Å². The molecule has 2 atom stereocenters. The molecule has 17 nitrogen and oxygen atoms in total. The standard InChI is InChI=1S/C31H54N4O13/c1-2-24(36)18-23(31(43)44)8-9-28(39)34-11-13-46-15-16-47-20-25(37)6-5-12-45-14-17-48-21-29(40)33-10-4-3-7-26(35-22-32)27(38)19-30(41)42/h23,26,35H,2-22,32H2,1H3,(H,33,40)(H,34,39)(H,41,42)(H,43,44)/t23?,26-/m0/s1. The molecular weight excluding hydrogens is 636 g/mol. The number of amides is 2. The van der Waals surface area contributed by atoms with Crippen LogP contribution in [0.5, 0.6) is 0 Å². The third-order valence-electron chi connectivity index (χ3n) is 6.81. The number of nitrogens with one attached hydrogen (secondary N) is 3. The smallest absolute Gasteiger partial charge is 0.310 e. The zero-order valence-corrected chi connectivity index (χ0v) is 28.0. The van der Waals surface area contributed by atoms with E-state index in [1.807, 2.05) is 0 Å². The first-order chi connectivity index (χ1) is 23.0. The third-order valence-corrected chi connectivity index (χ3v) is 6.81. The predicted octanol–water partition coefficient (Wildman–Crippen LogP) is -0.427. The Morgan fingerprint density at radius 2 is 1.33 bits per heavy atom. The van der Waals surface area contributed by atoms with Crippen molar-refractivity contribution in [3.8, 4) is 0 Å². The van der Waals surface area contributed by atoms with E-state index in [4.69, 9.17) is 29.8 Å². The van der Waals surface area contributed by atoms with Crippen molar-refractivity contribution < 1.29 is 62.7 Å². The average molecular weight is 691 g/mol. The normalized spacial score (nSPS) is 12.2. The first-order valence-corrected chi connectivity index (χ1v) is 16.3. The van der Waals surface area contributed by atoms with Crippen LogP contribution in [0.25, 0.3) is 0 Å². The van der Waals surface area contributed by atoms with E-state index in [-0.39, 0.29) is 115 Å². The SMILES string of the molecule is CCC(=O)CC(CCC(=O)NCCOCCOCC(=O)CCCOCCOCC(=O)NCCCC[C@H](NCN)C(=O)CC(=O)O)C(=O)O. The number of rotatable bonds is 34. The summed E-state index contributed by atoms with van der Waals surface area (Å²) in [5.41, 5.74) is 5.40. The molecule has 0 aliphatic carbocycles. The maximum absolute atomic E-state index is 11.9. The first-order valence-electron chi connectivity index (χ1n) is 16.3. The van der Waals surface area contributed by atoms with E-state index in [0.29, 0.717) is 38.8 Å². The zero-order valence-electron chi connectivity index (χ0n) is 28.0. The maximum Gasteiger partial charge on any atom is 0.310 e. The van der Waals surface area contributed by atoms with Gasteiger partial charge in [0.1, 0.15) is 25.4 Å². The highest BCUT2D eigenvalue weighted by molar-refractivity contribution is 5.97. The molecule has 0 bridgehead atoms. The second-order valence-corrected chi connectivity index (χ2v) is 10.8. The summed E-state index contributed by atoms with van der Waals surface area (Å²) in [4.78, 5) is 80.9. The average Bonchev–Trinajstić information content (AvgIpc) is 3.04. The van der Waals surface area contributed by atoms with Gasteiger partial charge in [-0.2, -0.15) is 0 Å². The minimum Gasteiger partial charge on any atom is -0.481 e. The molecule has 0 heterocycles. The van der Waals surface area contributed by atoms with Crippen LogP contribution in [-0.2, 0) is 52.5 Å². The summed E-state index contributed by atoms with van der Waals surface area (Å²) in [6, 6.07) is -0.629. The fraction of sp³-hybridized carbons (Fsp3) is 0.774. The summed E-state index contributed by atoms with van der Waals surface area (Å²) in [7, 11) is 0. The number of aliphatic carboxylic acids is 2. The van der Waals surface area contributed by atoms with Gasteiger partial charge < -0.3 is 45.5 Å². The van der Waals surface area contributed by atoms with E-state index >= 15 is 0 Å². The molecule has 276 valence electrons. The van der Waals surface area contributed by atoms with E-state index in [1.165, 1.54) is 0 Å². The molecule has 2 amide bonds. The van der Waals surface area contributed by atoms with Crippen LogP contribution in [0.1, 0.15) is 71.1 Å². The molecule has 0 spiro atoms. The van der Waals surface area contributed by atoms with Crippen LogP contribution in [0.3, 0.4) is 0 Å². The van der Waals surface area contributed by atoms with E-state index in [2.05, 4.69) is 16.0 Å². The highest BCUT2D eigenvalue weighted by Gasteiger charge is 2.21. The number of carbonyl (C=O) groups excluding carboxylic acids is 5. The number of hydrogen-bond donors (Lipinski definition) is 6. The Morgan fingerprint density at radius 1 is 0.688 bits per heavy atom. The van der Waals surface area contributed by atoms with Gasteiger partial charge >= 0.3 is 11.9 Å². The van der Waals surface area contributed by atoms with Gasteiger partial charge in [0.15, 0.2) is 11.6 Å². The van der Waals surface area contributed by atoms with Gasteiger partial charge in [-0.05, 0) is 32.1 Å². The number of Topliss-reactive ketones (excluding diaryl/α,β-unsaturated/α-hetero) is 3. The number of unbranched alkanes of at least 4 members (excludes halogenated alkanes) is 1. The van der Waals surface area contributed by atoms with Crippen molar-refractivity contribution in [2.45, 2.75) is 77.2 Å². The summed E-state index contributed by atoms with van der Waals surface area (Å²) in [5, 5.41) is 26.0. The molecule has 1 unspecified atom stereocenters. The molecule has 0 aliphatic heterocycles. The van der Waals surface area contributed by atoms with Gasteiger partial charge in [-0.15, -0.1) is 0 Å². The summed E-state index contributed by atoms with van der Waals surface area (Å²) < 4.78 is 21.3. The quantitative estimate of drug-likeness (QED) is 0.0284. The van der Waals surface area contributed by atoms with Crippen LogP contribution in [0.15, 0.2) is 0 Å². The highest BCUT2D eigenvalue weighted by Crippen LogP contribution is 2.13. The molecule has 0 saturated carbocycles. The summed E-state index contributed by atoms with van der Waals surface area (Å²) >= 11 is 0. The molecule has 0 aromatic heterocycles. The van der Waals surface area contributed by atoms with Gasteiger partial charge in [0, 0.05) is 52.0 Å². The Bertz CT molecular complexity index is 980. The number of nitrogens with two attached hydrogens (primary N) is 1. The van der Waals surface area contributed by atoms with Crippen molar-refractivity contribution in [2.75, 3.05) is 72.6 Å². The number of ketones is 3. The molecule has 48 heavy (non-hydrogen) atoms. The molecule has 0 aliphatic rings. The topological polar surface area (TPSA) is 259 Å². The first kappa shape index (κ1) is 44.6. The highest BCUT2D eigenvalue weighted by atomic mass is 16.5. The van der Waals surface area contributed by atoms with Crippen molar-refractivity contribution >= 4 is 41.1 Å². The molecule has 0 aromatic rings. The Hall–Kier alpha value is -3.35. The second kappa shape index (κ2) is 29.8. The van der Waals surface area contributed by atoms with Crippen LogP contribution < -0.4 is 21.7 Å². The Labute approximate surface area is 281 Å². The lowest BCUT2D eigenvalue weighted by Gasteiger charge is -2.15. The Kier molecular flexibility index (Phi) is 27.7. The van der Waals surface area contributed by atoms with Crippen molar-refractivity contribution in [1.29, 1.82) is 0 Å². The molecule has 0 rings (SSSR count). The maximum atomic E-state index is 11.9. The Balaban J connectivity index is 3.63. The van der Waals surface area contributed by atoms with Crippen molar-refractivity contribution in [3.05, 3.63) is 0 Å². The largest absolute Gasteiger partial charge is 0.481 e. The Morgan fingerprint density at radius 3 is 1.98 bits per heavy atom. The molecule has 17 heteroatoms. The summed E-state index contributed by atoms with van der Waals surface area (Å²) in [6.07, 6.45) is 2.10. The van der Waals surface area contributed by atoms with Gasteiger partial charge in [-0.25, -0.2) is 0 Å². The lowest BCUT2D eigenvalue weighted by Crippen LogP contribution is -2.41. The van der Waals surface area contributed by atoms with Crippen molar-refractivity contribution in [1.82, 2.24) is 16.0 Å². The third kappa shape index (κ3) is 26.7. The van der Waals surface area contributed by atoms with Crippen molar-refractivity contribution in [3.63, 3.8) is 0 Å². The van der Waals surface area contributed by atoms with Gasteiger partial charge in [0.05, 0.1) is 45.0 Å². The lowest BCUT2D eigenvalue weighted by molar-refractivity contribution is -0.144. The summed E-state index contributed by atoms with van der Waals surface area (Å²) in [5.74, 6) is -4.43. The van der Waals surface area contributed by atoms with Crippen molar-refractivity contribution in [2.24, 2.45) is 11.7 Å². The van der Waals surface area contributed by atoms with Crippen LogP contribution >= 0.6 is 0 Å². The van der Waals surface area contributed by atoms with E-state index < -0.39 is 36.1 Å². The van der Waals surface area contributed by atoms with E-state index in [0.717, 1.165) is 0 Å². The van der Waals surface area contributed by atoms with Crippen LogP contribution in [0.4, 0.5) is 0 Å². The second-order valence-electron chi connectivity index (χ2n) is 10.8. The number of carbonyl (C=O) groups is 7. The minimum atomic E-state index is -1.19. The lowest BCUT2D eigenvalue weighted by atomic mass is 9.96. The molecule has 0 aromatic carbocycles. The van der Waals surface area contributed by atoms with E-state index in [1.54, 1.807) is 6.92 Å². The molecular formula is C31H54N4O13. The monoisotopic (exact) mass is 690 g/mol. The van der Waals surface area contributed by atoms with Crippen LogP contribution in [-0.4, -0.2) is 130 Å². The molecule has 0 saturated heterocycles.